The third kappa shape index (κ3) is 1.69. The molecule has 1 aliphatic heterocycles. The summed E-state index contributed by atoms with van der Waals surface area (Å²) in [4.78, 5) is 0. The van der Waals surface area contributed by atoms with E-state index < -0.39 is 0 Å². The maximum Gasteiger partial charge on any atom is 0.117 e. The van der Waals surface area contributed by atoms with Crippen molar-refractivity contribution in [3.63, 3.8) is 0 Å². The minimum Gasteiger partial charge on any atom is -0.508 e. The van der Waals surface area contributed by atoms with Gasteiger partial charge in [0.2, 0.25) is 0 Å². The molecule has 0 bridgehead atoms. The summed E-state index contributed by atoms with van der Waals surface area (Å²) in [6.07, 6.45) is 0. The van der Waals surface area contributed by atoms with Gasteiger partial charge >= 0.3 is 0 Å². The standard InChI is InChI=1S/C10H14N2O/c1-7-5-11-9-3-2-8(13)4-10(9)12-6-7/h2-4,7,11-13H,5-6H2,1H3. The number of phenolic OH excluding ortho intramolecular Hbond substituents is 1. The van der Waals surface area contributed by atoms with Crippen LogP contribution in [0.5, 0.6) is 5.75 Å². The second-order valence-corrected chi connectivity index (χ2v) is 3.60. The number of fused-ring (bicyclic) bond motifs is 1. The number of rotatable bonds is 0. The maximum atomic E-state index is 9.28. The van der Waals surface area contributed by atoms with Gasteiger partial charge in [0.1, 0.15) is 5.75 Å². The van der Waals surface area contributed by atoms with Crippen molar-refractivity contribution in [2.24, 2.45) is 5.92 Å². The predicted octanol–water partition coefficient (Wildman–Crippen LogP) is 1.87. The summed E-state index contributed by atoms with van der Waals surface area (Å²) in [7, 11) is 0. The maximum absolute atomic E-state index is 9.28. The fourth-order valence-electron chi connectivity index (χ4n) is 1.47. The third-order valence-electron chi connectivity index (χ3n) is 2.29. The molecule has 0 aliphatic carbocycles. The summed E-state index contributed by atoms with van der Waals surface area (Å²) in [5.41, 5.74) is 2.06. The normalized spacial score (nSPS) is 20.8. The fraction of sp³-hybridized carbons (Fsp3) is 0.400. The van der Waals surface area contributed by atoms with Gasteiger partial charge in [-0.1, -0.05) is 6.92 Å². The molecule has 3 heteroatoms. The van der Waals surface area contributed by atoms with Crippen LogP contribution in [-0.4, -0.2) is 18.2 Å². The van der Waals surface area contributed by atoms with Crippen molar-refractivity contribution in [2.75, 3.05) is 23.7 Å². The summed E-state index contributed by atoms with van der Waals surface area (Å²) in [6.45, 7) is 4.11. The SMILES string of the molecule is CC1CNc2ccc(O)cc2NC1. The van der Waals surface area contributed by atoms with Crippen molar-refractivity contribution >= 4 is 11.4 Å². The molecule has 0 spiro atoms. The quantitative estimate of drug-likeness (QED) is 0.531. The highest BCUT2D eigenvalue weighted by atomic mass is 16.3. The van der Waals surface area contributed by atoms with Gasteiger partial charge in [-0.2, -0.15) is 0 Å². The number of nitrogens with one attached hydrogen (secondary N) is 2. The molecule has 3 N–H and O–H groups in total. The van der Waals surface area contributed by atoms with Gasteiger partial charge in [-0.05, 0) is 18.1 Å². The molecular weight excluding hydrogens is 164 g/mol. The van der Waals surface area contributed by atoms with Gasteiger partial charge in [0.05, 0.1) is 11.4 Å². The Bertz CT molecular complexity index is 312. The van der Waals surface area contributed by atoms with Crippen molar-refractivity contribution < 1.29 is 5.11 Å². The van der Waals surface area contributed by atoms with Crippen molar-refractivity contribution in [3.8, 4) is 5.75 Å². The van der Waals surface area contributed by atoms with Crippen LogP contribution in [0, 0.1) is 5.92 Å². The number of anilines is 2. The Morgan fingerprint density at radius 1 is 1.23 bits per heavy atom. The van der Waals surface area contributed by atoms with Crippen LogP contribution < -0.4 is 10.6 Å². The molecule has 70 valence electrons. The Morgan fingerprint density at radius 2 is 1.92 bits per heavy atom. The second kappa shape index (κ2) is 3.17. The monoisotopic (exact) mass is 178 g/mol. The number of aromatic hydroxyl groups is 1. The first-order valence-corrected chi connectivity index (χ1v) is 4.56. The Kier molecular flexibility index (Phi) is 2.00. The lowest BCUT2D eigenvalue weighted by atomic mass is 10.2. The summed E-state index contributed by atoms with van der Waals surface area (Å²) >= 11 is 0. The van der Waals surface area contributed by atoms with Gasteiger partial charge in [0.25, 0.3) is 0 Å². The molecule has 0 aromatic heterocycles. The predicted molar refractivity (Wildman–Crippen MR) is 54.3 cm³/mol. The van der Waals surface area contributed by atoms with E-state index in [1.165, 1.54) is 0 Å². The van der Waals surface area contributed by atoms with Crippen molar-refractivity contribution in [2.45, 2.75) is 6.92 Å². The average molecular weight is 178 g/mol. The Morgan fingerprint density at radius 3 is 2.69 bits per heavy atom. The molecule has 1 heterocycles. The van der Waals surface area contributed by atoms with Gasteiger partial charge in [-0.15, -0.1) is 0 Å². The van der Waals surface area contributed by atoms with E-state index in [4.69, 9.17) is 0 Å². The van der Waals surface area contributed by atoms with E-state index >= 15 is 0 Å². The molecule has 2 rings (SSSR count). The lowest BCUT2D eigenvalue weighted by molar-refractivity contribution is 0.475. The molecule has 1 aromatic rings. The van der Waals surface area contributed by atoms with Crippen LogP contribution in [0.4, 0.5) is 11.4 Å². The molecule has 1 aliphatic rings. The van der Waals surface area contributed by atoms with Gasteiger partial charge in [0.15, 0.2) is 0 Å². The van der Waals surface area contributed by atoms with Crippen LogP contribution >= 0.6 is 0 Å². The van der Waals surface area contributed by atoms with Crippen LogP contribution in [-0.2, 0) is 0 Å². The summed E-state index contributed by atoms with van der Waals surface area (Å²) in [5.74, 6) is 0.914. The highest BCUT2D eigenvalue weighted by Crippen LogP contribution is 2.28. The summed E-state index contributed by atoms with van der Waals surface area (Å²) < 4.78 is 0. The zero-order valence-corrected chi connectivity index (χ0v) is 7.67. The largest absolute Gasteiger partial charge is 0.508 e. The van der Waals surface area contributed by atoms with Crippen LogP contribution in [0.25, 0.3) is 0 Å². The lowest BCUT2D eigenvalue weighted by Gasteiger charge is -2.07. The highest BCUT2D eigenvalue weighted by Gasteiger charge is 2.10. The van der Waals surface area contributed by atoms with Crippen LogP contribution in [0.15, 0.2) is 18.2 Å². The zero-order valence-electron chi connectivity index (χ0n) is 7.67. The van der Waals surface area contributed by atoms with Crippen molar-refractivity contribution in [1.82, 2.24) is 0 Å². The van der Waals surface area contributed by atoms with Crippen LogP contribution in [0.3, 0.4) is 0 Å². The van der Waals surface area contributed by atoms with E-state index in [1.54, 1.807) is 12.1 Å². The molecular formula is C10H14N2O. The average Bonchev–Trinajstić information content (AvgIpc) is 2.29. The second-order valence-electron chi connectivity index (χ2n) is 3.60. The van der Waals surface area contributed by atoms with E-state index in [1.807, 2.05) is 6.07 Å². The van der Waals surface area contributed by atoms with Gasteiger partial charge in [-0.3, -0.25) is 0 Å². The van der Waals surface area contributed by atoms with E-state index in [0.717, 1.165) is 24.5 Å². The molecule has 3 nitrogen and oxygen atoms in total. The first kappa shape index (κ1) is 8.23. The molecule has 1 atom stereocenters. The number of hydrogen-bond acceptors (Lipinski definition) is 3. The minimum atomic E-state index is 0.308. The van der Waals surface area contributed by atoms with E-state index in [-0.39, 0.29) is 0 Å². The Balaban J connectivity index is 2.30. The summed E-state index contributed by atoms with van der Waals surface area (Å²) in [5, 5.41) is 15.9. The molecule has 13 heavy (non-hydrogen) atoms. The van der Waals surface area contributed by atoms with E-state index in [9.17, 15) is 5.11 Å². The zero-order chi connectivity index (χ0) is 9.26. The van der Waals surface area contributed by atoms with Crippen LogP contribution in [0.2, 0.25) is 0 Å². The lowest BCUT2D eigenvalue weighted by Crippen LogP contribution is -2.14. The molecule has 0 fully saturated rings. The molecule has 1 unspecified atom stereocenters. The van der Waals surface area contributed by atoms with Gasteiger partial charge in [-0.25, -0.2) is 0 Å². The number of hydrogen-bond donors (Lipinski definition) is 3. The first-order chi connectivity index (χ1) is 6.25. The highest BCUT2D eigenvalue weighted by molar-refractivity contribution is 5.71. The van der Waals surface area contributed by atoms with Crippen molar-refractivity contribution in [3.05, 3.63) is 18.2 Å². The smallest absolute Gasteiger partial charge is 0.117 e. The van der Waals surface area contributed by atoms with E-state index in [2.05, 4.69) is 17.6 Å². The van der Waals surface area contributed by atoms with Crippen molar-refractivity contribution in [1.29, 1.82) is 0 Å². The molecule has 0 saturated heterocycles. The Labute approximate surface area is 77.8 Å². The number of benzene rings is 1. The van der Waals surface area contributed by atoms with Crippen LogP contribution in [0.1, 0.15) is 6.92 Å². The minimum absolute atomic E-state index is 0.308. The Hall–Kier alpha value is -1.38. The van der Waals surface area contributed by atoms with Gasteiger partial charge in [0, 0.05) is 19.2 Å². The summed E-state index contributed by atoms with van der Waals surface area (Å²) in [6, 6.07) is 5.35. The number of phenols is 1. The molecule has 1 aromatic carbocycles. The molecule has 0 radical (unpaired) electrons. The molecule has 0 amide bonds. The fourth-order valence-corrected chi connectivity index (χ4v) is 1.47. The molecule has 0 saturated carbocycles. The first-order valence-electron chi connectivity index (χ1n) is 4.56. The topological polar surface area (TPSA) is 44.3 Å². The van der Waals surface area contributed by atoms with Gasteiger partial charge < -0.3 is 15.7 Å². The third-order valence-corrected chi connectivity index (χ3v) is 2.29. The van der Waals surface area contributed by atoms with E-state index in [0.29, 0.717) is 11.7 Å².